The van der Waals surface area contributed by atoms with Gasteiger partial charge >= 0.3 is 0 Å². The minimum atomic E-state index is -0.234. The van der Waals surface area contributed by atoms with Gasteiger partial charge in [-0.05, 0) is 6.92 Å². The summed E-state index contributed by atoms with van der Waals surface area (Å²) < 4.78 is 0. The molecular formula is C7H10N2. The van der Waals surface area contributed by atoms with Crippen molar-refractivity contribution in [2.24, 2.45) is 9.98 Å². The second kappa shape index (κ2) is 2.13. The van der Waals surface area contributed by atoms with E-state index < -0.39 is 0 Å². The van der Waals surface area contributed by atoms with Gasteiger partial charge in [0.15, 0.2) is 5.66 Å². The van der Waals surface area contributed by atoms with Crippen molar-refractivity contribution in [1.82, 2.24) is 0 Å². The third kappa shape index (κ3) is 1.25. The van der Waals surface area contributed by atoms with Gasteiger partial charge in [0.25, 0.3) is 0 Å². The van der Waals surface area contributed by atoms with E-state index in [1.54, 1.807) is 12.4 Å². The van der Waals surface area contributed by atoms with Gasteiger partial charge in [-0.25, -0.2) is 0 Å². The van der Waals surface area contributed by atoms with Gasteiger partial charge in [-0.15, -0.1) is 6.58 Å². The lowest BCUT2D eigenvalue weighted by molar-refractivity contribution is 0.518. The largest absolute Gasteiger partial charge is 0.262 e. The highest BCUT2D eigenvalue weighted by atomic mass is 15.1. The highest BCUT2D eigenvalue weighted by molar-refractivity contribution is 6.17. The molecule has 0 unspecified atom stereocenters. The van der Waals surface area contributed by atoms with Gasteiger partial charge in [0, 0.05) is 18.9 Å². The molecule has 1 aliphatic heterocycles. The molecule has 2 nitrogen and oxygen atoms in total. The summed E-state index contributed by atoms with van der Waals surface area (Å²) in [6, 6.07) is 0. The van der Waals surface area contributed by atoms with E-state index in [2.05, 4.69) is 16.6 Å². The lowest BCUT2D eigenvalue weighted by atomic mass is 10.1. The Kier molecular flexibility index (Phi) is 1.47. The van der Waals surface area contributed by atoms with E-state index in [4.69, 9.17) is 0 Å². The Bertz CT molecular complexity index is 156. The lowest BCUT2D eigenvalue weighted by Gasteiger charge is -2.13. The SMILES string of the molecule is C=CCC1(C)N=CC=N1. The molecule has 0 aromatic rings. The summed E-state index contributed by atoms with van der Waals surface area (Å²) in [4.78, 5) is 8.28. The molecule has 0 radical (unpaired) electrons. The van der Waals surface area contributed by atoms with Gasteiger partial charge in [0.2, 0.25) is 0 Å². The summed E-state index contributed by atoms with van der Waals surface area (Å²) in [6.45, 7) is 5.60. The first kappa shape index (κ1) is 6.20. The second-order valence-electron chi connectivity index (χ2n) is 2.27. The zero-order valence-corrected chi connectivity index (χ0v) is 5.54. The molecule has 0 aliphatic carbocycles. The van der Waals surface area contributed by atoms with E-state index in [0.717, 1.165) is 6.42 Å². The molecule has 48 valence electrons. The molecule has 0 N–H and O–H groups in total. The van der Waals surface area contributed by atoms with Crippen LogP contribution in [-0.2, 0) is 0 Å². The highest BCUT2D eigenvalue weighted by Crippen LogP contribution is 2.18. The van der Waals surface area contributed by atoms with Gasteiger partial charge in [0.05, 0.1) is 0 Å². The average Bonchev–Trinajstić information content (AvgIpc) is 2.16. The third-order valence-corrected chi connectivity index (χ3v) is 1.30. The Morgan fingerprint density at radius 3 is 2.56 bits per heavy atom. The van der Waals surface area contributed by atoms with Gasteiger partial charge in [-0.3, -0.25) is 9.98 Å². The van der Waals surface area contributed by atoms with Gasteiger partial charge in [0.1, 0.15) is 0 Å². The molecular weight excluding hydrogens is 112 g/mol. The first-order chi connectivity index (χ1) is 4.27. The standard InChI is InChI=1S/C7H10N2/c1-3-4-7(2)8-5-6-9-7/h3,5-6H,1,4H2,2H3. The van der Waals surface area contributed by atoms with Crippen LogP contribution in [0.2, 0.25) is 0 Å². The Hall–Kier alpha value is -0.920. The normalized spacial score (nSPS) is 20.6. The van der Waals surface area contributed by atoms with Crippen LogP contribution in [0.5, 0.6) is 0 Å². The average molecular weight is 122 g/mol. The molecule has 0 bridgehead atoms. The predicted molar refractivity (Wildman–Crippen MR) is 40.2 cm³/mol. The first-order valence-electron chi connectivity index (χ1n) is 2.97. The van der Waals surface area contributed by atoms with Crippen molar-refractivity contribution in [3.8, 4) is 0 Å². The van der Waals surface area contributed by atoms with E-state index in [1.165, 1.54) is 0 Å². The summed E-state index contributed by atoms with van der Waals surface area (Å²) in [5.74, 6) is 0. The molecule has 2 heteroatoms. The van der Waals surface area contributed by atoms with Crippen molar-refractivity contribution >= 4 is 12.4 Å². The van der Waals surface area contributed by atoms with Gasteiger partial charge in [-0.1, -0.05) is 6.08 Å². The summed E-state index contributed by atoms with van der Waals surface area (Å²) >= 11 is 0. The maximum atomic E-state index is 4.14. The molecule has 1 aliphatic rings. The fourth-order valence-corrected chi connectivity index (χ4v) is 0.800. The van der Waals surface area contributed by atoms with E-state index in [1.807, 2.05) is 13.0 Å². The topological polar surface area (TPSA) is 24.7 Å². The van der Waals surface area contributed by atoms with Crippen LogP contribution >= 0.6 is 0 Å². The van der Waals surface area contributed by atoms with Crippen LogP contribution in [0.1, 0.15) is 13.3 Å². The van der Waals surface area contributed by atoms with Crippen molar-refractivity contribution in [3.05, 3.63) is 12.7 Å². The van der Waals surface area contributed by atoms with E-state index in [9.17, 15) is 0 Å². The maximum Gasteiger partial charge on any atom is 0.150 e. The highest BCUT2D eigenvalue weighted by Gasteiger charge is 2.19. The summed E-state index contributed by atoms with van der Waals surface area (Å²) in [5, 5.41) is 0. The van der Waals surface area contributed by atoms with Crippen LogP contribution in [0, 0.1) is 0 Å². The quantitative estimate of drug-likeness (QED) is 0.495. The molecule has 1 heterocycles. The Morgan fingerprint density at radius 1 is 1.56 bits per heavy atom. The molecule has 0 aromatic carbocycles. The maximum absolute atomic E-state index is 4.14. The number of hydrogen-bond acceptors (Lipinski definition) is 2. The van der Waals surface area contributed by atoms with E-state index in [0.29, 0.717) is 0 Å². The molecule has 0 saturated heterocycles. The molecule has 9 heavy (non-hydrogen) atoms. The van der Waals surface area contributed by atoms with Crippen molar-refractivity contribution in [1.29, 1.82) is 0 Å². The summed E-state index contributed by atoms with van der Waals surface area (Å²) in [6.07, 6.45) is 6.10. The van der Waals surface area contributed by atoms with Crippen molar-refractivity contribution in [2.45, 2.75) is 19.0 Å². The monoisotopic (exact) mass is 122 g/mol. The number of nitrogens with zero attached hydrogens (tertiary/aromatic N) is 2. The second-order valence-corrected chi connectivity index (χ2v) is 2.27. The van der Waals surface area contributed by atoms with Crippen LogP contribution in [0.15, 0.2) is 22.6 Å². The number of hydrogen-bond donors (Lipinski definition) is 0. The van der Waals surface area contributed by atoms with Crippen LogP contribution in [0.4, 0.5) is 0 Å². The summed E-state index contributed by atoms with van der Waals surface area (Å²) in [5.41, 5.74) is -0.234. The van der Waals surface area contributed by atoms with Crippen LogP contribution in [0.25, 0.3) is 0 Å². The zero-order chi connectivity index (χ0) is 6.74. The fraction of sp³-hybridized carbons (Fsp3) is 0.429. The lowest BCUT2D eigenvalue weighted by Crippen LogP contribution is -2.13. The minimum absolute atomic E-state index is 0.234. The first-order valence-corrected chi connectivity index (χ1v) is 2.97. The smallest absolute Gasteiger partial charge is 0.150 e. The van der Waals surface area contributed by atoms with Crippen molar-refractivity contribution in [3.63, 3.8) is 0 Å². The molecule has 1 rings (SSSR count). The molecule has 0 atom stereocenters. The Morgan fingerprint density at radius 2 is 2.11 bits per heavy atom. The Labute approximate surface area is 55.0 Å². The molecule has 0 spiro atoms. The van der Waals surface area contributed by atoms with Crippen LogP contribution in [0.3, 0.4) is 0 Å². The van der Waals surface area contributed by atoms with E-state index >= 15 is 0 Å². The molecule has 0 saturated carbocycles. The van der Waals surface area contributed by atoms with Crippen LogP contribution in [-0.4, -0.2) is 18.1 Å². The molecule has 0 fully saturated rings. The predicted octanol–water partition coefficient (Wildman–Crippen LogP) is 1.43. The van der Waals surface area contributed by atoms with Crippen molar-refractivity contribution < 1.29 is 0 Å². The molecule has 0 amide bonds. The Balaban J connectivity index is 2.63. The summed E-state index contributed by atoms with van der Waals surface area (Å²) in [7, 11) is 0. The fourth-order valence-electron chi connectivity index (χ4n) is 0.800. The molecule has 0 aromatic heterocycles. The van der Waals surface area contributed by atoms with Gasteiger partial charge < -0.3 is 0 Å². The van der Waals surface area contributed by atoms with Crippen molar-refractivity contribution in [2.75, 3.05) is 0 Å². The third-order valence-electron chi connectivity index (χ3n) is 1.30. The van der Waals surface area contributed by atoms with E-state index in [-0.39, 0.29) is 5.66 Å². The minimum Gasteiger partial charge on any atom is -0.262 e. The zero-order valence-electron chi connectivity index (χ0n) is 5.54. The number of aliphatic imine (C=N–C) groups is 2. The van der Waals surface area contributed by atoms with Gasteiger partial charge in [-0.2, -0.15) is 0 Å². The number of rotatable bonds is 2. The van der Waals surface area contributed by atoms with Crippen LogP contribution < -0.4 is 0 Å².